The third kappa shape index (κ3) is 5.67. The Morgan fingerprint density at radius 1 is 1.22 bits per heavy atom. The summed E-state index contributed by atoms with van der Waals surface area (Å²) in [5.74, 6) is 0.853. The van der Waals surface area contributed by atoms with E-state index in [1.54, 1.807) is 6.07 Å². The van der Waals surface area contributed by atoms with E-state index in [9.17, 15) is 13.2 Å². The van der Waals surface area contributed by atoms with Crippen molar-refractivity contribution in [2.24, 2.45) is 0 Å². The number of methoxy groups -OCH3 is 1. The van der Waals surface area contributed by atoms with Crippen molar-refractivity contribution in [1.82, 2.24) is 14.4 Å². The molecule has 0 saturated carbocycles. The summed E-state index contributed by atoms with van der Waals surface area (Å²) in [6, 6.07) is 4.58. The summed E-state index contributed by atoms with van der Waals surface area (Å²) in [5.41, 5.74) is 2.07. The third-order valence-electron chi connectivity index (χ3n) is 5.67. The van der Waals surface area contributed by atoms with Gasteiger partial charge in [-0.25, -0.2) is 8.42 Å². The lowest BCUT2D eigenvalue weighted by Gasteiger charge is -2.21. The van der Waals surface area contributed by atoms with E-state index >= 15 is 0 Å². The Morgan fingerprint density at radius 3 is 2.50 bits per heavy atom. The second kappa shape index (κ2) is 10.5. The van der Waals surface area contributed by atoms with Crippen molar-refractivity contribution in [3.05, 3.63) is 35.2 Å². The zero-order valence-corrected chi connectivity index (χ0v) is 20.0. The van der Waals surface area contributed by atoms with Crippen LogP contribution in [0, 0.1) is 13.8 Å². The second-order valence-corrected chi connectivity index (χ2v) is 10.1. The van der Waals surface area contributed by atoms with Gasteiger partial charge in [0.2, 0.25) is 15.9 Å². The molecule has 0 radical (unpaired) electrons. The average molecular weight is 465 g/mol. The number of carbonyl (C=O) groups is 1. The van der Waals surface area contributed by atoms with Gasteiger partial charge in [0.1, 0.15) is 11.5 Å². The van der Waals surface area contributed by atoms with Crippen molar-refractivity contribution >= 4 is 21.6 Å². The van der Waals surface area contributed by atoms with Crippen LogP contribution in [0.4, 0.5) is 5.69 Å². The topological polar surface area (TPSA) is 105 Å². The van der Waals surface area contributed by atoms with Crippen molar-refractivity contribution in [2.45, 2.75) is 51.0 Å². The molecule has 1 aliphatic rings. The van der Waals surface area contributed by atoms with Crippen molar-refractivity contribution in [3.8, 4) is 5.75 Å². The lowest BCUT2D eigenvalue weighted by molar-refractivity contribution is -0.117. The van der Waals surface area contributed by atoms with Gasteiger partial charge in [-0.1, -0.05) is 18.0 Å². The number of likely N-dealkylation sites (N-methyl/N-ethyl adjacent to an activating group) is 1. The first-order valence-electron chi connectivity index (χ1n) is 10.8. The molecule has 1 N–H and O–H groups in total. The molecular weight excluding hydrogens is 432 g/mol. The van der Waals surface area contributed by atoms with Gasteiger partial charge in [-0.15, -0.1) is 0 Å². The van der Waals surface area contributed by atoms with Crippen LogP contribution in [0.3, 0.4) is 0 Å². The van der Waals surface area contributed by atoms with E-state index in [1.165, 1.54) is 23.5 Å². The van der Waals surface area contributed by atoms with Crippen molar-refractivity contribution < 1.29 is 22.5 Å². The summed E-state index contributed by atoms with van der Waals surface area (Å²) in [7, 11) is -0.331. The summed E-state index contributed by atoms with van der Waals surface area (Å²) in [4.78, 5) is 14.7. The largest absolute Gasteiger partial charge is 0.495 e. The van der Waals surface area contributed by atoms with Crippen molar-refractivity contribution in [3.63, 3.8) is 0 Å². The Bertz CT molecular complexity index is 1020. The summed E-state index contributed by atoms with van der Waals surface area (Å²) in [6.07, 6.45) is 3.79. The Morgan fingerprint density at radius 2 is 1.91 bits per heavy atom. The van der Waals surface area contributed by atoms with Crippen LogP contribution in [-0.4, -0.2) is 62.5 Å². The van der Waals surface area contributed by atoms with E-state index < -0.39 is 10.0 Å². The number of rotatable bonds is 8. The number of carbonyl (C=O) groups excluding carboxylic acids is 1. The maximum atomic E-state index is 13.1. The molecule has 2 heterocycles. The van der Waals surface area contributed by atoms with Gasteiger partial charge in [-0.05, 0) is 51.9 Å². The van der Waals surface area contributed by atoms with Crippen molar-refractivity contribution in [1.29, 1.82) is 0 Å². The molecule has 1 fully saturated rings. The fourth-order valence-corrected chi connectivity index (χ4v) is 5.41. The predicted molar refractivity (Wildman–Crippen MR) is 121 cm³/mol. The summed E-state index contributed by atoms with van der Waals surface area (Å²) in [5, 5.41) is 6.74. The van der Waals surface area contributed by atoms with Crippen LogP contribution in [0.1, 0.15) is 42.7 Å². The quantitative estimate of drug-likeness (QED) is 0.640. The number of ether oxygens (including phenoxy) is 1. The zero-order chi connectivity index (χ0) is 23.3. The maximum Gasteiger partial charge on any atom is 0.243 e. The van der Waals surface area contributed by atoms with Gasteiger partial charge in [-0.2, -0.15) is 4.31 Å². The maximum absolute atomic E-state index is 13.1. The lowest BCUT2D eigenvalue weighted by atomic mass is 10.2. The van der Waals surface area contributed by atoms with Crippen LogP contribution in [-0.2, 0) is 21.4 Å². The molecule has 1 saturated heterocycles. The van der Waals surface area contributed by atoms with Crippen LogP contribution in [0.15, 0.2) is 27.6 Å². The number of amides is 1. The normalized spacial score (nSPS) is 15.5. The third-order valence-corrected chi connectivity index (χ3v) is 7.57. The molecule has 1 aromatic carbocycles. The number of nitrogens with zero attached hydrogens (tertiary/aromatic N) is 3. The minimum Gasteiger partial charge on any atom is -0.495 e. The van der Waals surface area contributed by atoms with Gasteiger partial charge >= 0.3 is 0 Å². The standard InChI is InChI=1S/C22H32N4O5S/c1-16-19(17(2)31-24-16)14-25(3)15-22(27)23-20-13-18(9-10-21(20)30-4)32(28,29)26-11-7-5-6-8-12-26/h9-10,13H,5-8,11-12,14-15H2,1-4H3,(H,23,27). The SMILES string of the molecule is COc1ccc(S(=O)(=O)N2CCCCCC2)cc1NC(=O)CN(C)Cc1c(C)noc1C. The number of sulfonamides is 1. The smallest absolute Gasteiger partial charge is 0.243 e. The van der Waals surface area contributed by atoms with Gasteiger partial charge in [-0.3, -0.25) is 9.69 Å². The highest BCUT2D eigenvalue weighted by Gasteiger charge is 2.26. The number of benzene rings is 1. The molecule has 2 aromatic rings. The summed E-state index contributed by atoms with van der Waals surface area (Å²) in [6.45, 7) is 5.35. The molecular formula is C22H32N4O5S. The molecule has 1 aromatic heterocycles. The fraction of sp³-hybridized carbons (Fsp3) is 0.545. The highest BCUT2D eigenvalue weighted by Crippen LogP contribution is 2.30. The molecule has 3 rings (SSSR count). The molecule has 0 bridgehead atoms. The number of anilines is 1. The summed E-state index contributed by atoms with van der Waals surface area (Å²) < 4.78 is 38.3. The van der Waals surface area contributed by atoms with Gasteiger partial charge in [0, 0.05) is 25.2 Å². The predicted octanol–water partition coefficient (Wildman–Crippen LogP) is 2.94. The molecule has 10 heteroatoms. The molecule has 32 heavy (non-hydrogen) atoms. The first-order chi connectivity index (χ1) is 15.2. The lowest BCUT2D eigenvalue weighted by Crippen LogP contribution is -2.32. The van der Waals surface area contributed by atoms with Crippen LogP contribution in [0.25, 0.3) is 0 Å². The van der Waals surface area contributed by atoms with E-state index in [2.05, 4.69) is 10.5 Å². The van der Waals surface area contributed by atoms with Gasteiger partial charge in [0.25, 0.3) is 0 Å². The van der Waals surface area contributed by atoms with Gasteiger partial charge < -0.3 is 14.6 Å². The number of nitrogens with one attached hydrogen (secondary N) is 1. The second-order valence-electron chi connectivity index (χ2n) is 8.20. The molecule has 1 amide bonds. The van der Waals surface area contributed by atoms with E-state index in [4.69, 9.17) is 9.26 Å². The Balaban J connectivity index is 1.73. The number of hydrogen-bond acceptors (Lipinski definition) is 7. The molecule has 0 unspecified atom stereocenters. The highest BCUT2D eigenvalue weighted by atomic mass is 32.2. The van der Waals surface area contributed by atoms with Crippen LogP contribution in [0.2, 0.25) is 0 Å². The van der Waals surface area contributed by atoms with Gasteiger partial charge in [0.05, 0.1) is 29.9 Å². The van der Waals surface area contributed by atoms with Crippen LogP contribution >= 0.6 is 0 Å². The first-order valence-corrected chi connectivity index (χ1v) is 12.2. The molecule has 0 aliphatic carbocycles. The van der Waals surface area contributed by atoms with E-state index in [0.29, 0.717) is 31.1 Å². The number of aromatic nitrogens is 1. The number of aryl methyl sites for hydroxylation is 2. The Labute approximate surface area is 189 Å². The minimum atomic E-state index is -3.64. The van der Waals surface area contributed by atoms with E-state index in [-0.39, 0.29) is 17.3 Å². The molecule has 9 nitrogen and oxygen atoms in total. The Kier molecular flexibility index (Phi) is 7.91. The average Bonchev–Trinajstić information content (AvgIpc) is 2.95. The molecule has 176 valence electrons. The number of hydrogen-bond donors (Lipinski definition) is 1. The van der Waals surface area contributed by atoms with Crippen molar-refractivity contribution in [2.75, 3.05) is 39.1 Å². The molecule has 0 atom stereocenters. The van der Waals surface area contributed by atoms with Gasteiger partial charge in [0.15, 0.2) is 0 Å². The molecule has 0 spiro atoms. The fourth-order valence-electron chi connectivity index (χ4n) is 3.86. The zero-order valence-electron chi connectivity index (χ0n) is 19.2. The monoisotopic (exact) mass is 464 g/mol. The van der Waals surface area contributed by atoms with E-state index in [1.807, 2.05) is 25.8 Å². The molecule has 1 aliphatic heterocycles. The van der Waals surface area contributed by atoms with E-state index in [0.717, 1.165) is 42.7 Å². The Hall–Kier alpha value is -2.43. The summed E-state index contributed by atoms with van der Waals surface area (Å²) >= 11 is 0. The highest BCUT2D eigenvalue weighted by molar-refractivity contribution is 7.89. The first kappa shape index (κ1) is 24.2. The minimum absolute atomic E-state index is 0.107. The van der Waals surface area contributed by atoms with Crippen LogP contribution in [0.5, 0.6) is 5.75 Å². The van der Waals surface area contributed by atoms with Crippen LogP contribution < -0.4 is 10.1 Å².